The summed E-state index contributed by atoms with van der Waals surface area (Å²) in [5.41, 5.74) is 11.1. The van der Waals surface area contributed by atoms with E-state index in [1.165, 1.54) is 16.7 Å². The molecule has 0 saturated carbocycles. The van der Waals surface area contributed by atoms with E-state index in [0.29, 0.717) is 11.5 Å². The van der Waals surface area contributed by atoms with Gasteiger partial charge >= 0.3 is 0 Å². The number of hydrogen-bond acceptors (Lipinski definition) is 4. The zero-order valence-corrected chi connectivity index (χ0v) is 40.8. The minimum atomic E-state index is -0.159. The van der Waals surface area contributed by atoms with Gasteiger partial charge in [-0.15, -0.1) is 53.6 Å². The molecule has 0 saturated heterocycles. The normalized spacial score (nSPS) is 13.8. The first-order valence-electron chi connectivity index (χ1n) is 21.4. The second kappa shape index (κ2) is 15.5. The second-order valence-electron chi connectivity index (χ2n) is 21.3. The van der Waals surface area contributed by atoms with Crippen LogP contribution in [0.15, 0.2) is 109 Å². The molecule has 0 spiro atoms. The van der Waals surface area contributed by atoms with E-state index >= 15 is 0 Å². The summed E-state index contributed by atoms with van der Waals surface area (Å²) in [5.74, 6) is 2.12. The molecule has 3 heterocycles. The van der Waals surface area contributed by atoms with Gasteiger partial charge in [-0.2, -0.15) is 6.07 Å². The molecule has 0 bridgehead atoms. The number of para-hydroxylation sites is 1. The van der Waals surface area contributed by atoms with Crippen LogP contribution in [0.4, 0.5) is 22.7 Å². The molecule has 0 atom stereocenters. The number of pyridine rings is 1. The third-order valence-corrected chi connectivity index (χ3v) is 12.9. The van der Waals surface area contributed by atoms with Gasteiger partial charge in [-0.05, 0) is 91.6 Å². The maximum atomic E-state index is 6.85. The molecule has 61 heavy (non-hydrogen) atoms. The van der Waals surface area contributed by atoms with Gasteiger partial charge in [0.25, 0.3) is 0 Å². The van der Waals surface area contributed by atoms with Gasteiger partial charge in [0.05, 0.1) is 0 Å². The molecular formula is C55H61N4OPt-3. The predicted molar refractivity (Wildman–Crippen MR) is 253 cm³/mol. The third kappa shape index (κ3) is 8.28. The van der Waals surface area contributed by atoms with E-state index in [1.807, 2.05) is 12.3 Å². The standard InChI is InChI=1S/C55H61N4O.Pt/c1-51(2,3)36-22-25-47-49(31-36)58(35-57(47)40-19-17-18-38(28-40)55(13,14)54(10,11)12)41-29-39(53(7,8)9)30-43(33-41)60-42-23-24-45-44-20-15-16-21-46(44)59(48(45)34-42)50-32-37(26-27-56-50)52(4,5)6;/h15-32,35H,1-14H3;/q-3;. The van der Waals surface area contributed by atoms with E-state index in [9.17, 15) is 0 Å². The van der Waals surface area contributed by atoms with E-state index in [2.05, 4.69) is 227 Å². The van der Waals surface area contributed by atoms with Gasteiger partial charge in [-0.25, -0.2) is 4.98 Å². The summed E-state index contributed by atoms with van der Waals surface area (Å²) in [6.45, 7) is 34.2. The summed E-state index contributed by atoms with van der Waals surface area (Å²) < 4.78 is 9.06. The predicted octanol–water partition coefficient (Wildman–Crippen LogP) is 15.2. The summed E-state index contributed by atoms with van der Waals surface area (Å²) in [6, 6.07) is 44.7. The van der Waals surface area contributed by atoms with E-state index in [0.717, 1.165) is 55.9 Å². The Bertz CT molecular complexity index is 2750. The smallest absolute Gasteiger partial charge is 0.135 e. The number of benzene rings is 5. The molecule has 8 rings (SSSR count). The van der Waals surface area contributed by atoms with Crippen LogP contribution in [0, 0.1) is 24.2 Å². The van der Waals surface area contributed by atoms with Crippen molar-refractivity contribution in [3.63, 3.8) is 0 Å². The third-order valence-electron chi connectivity index (χ3n) is 12.9. The van der Waals surface area contributed by atoms with Crippen LogP contribution in [0.25, 0.3) is 27.6 Å². The zero-order valence-electron chi connectivity index (χ0n) is 38.5. The molecule has 0 unspecified atom stereocenters. The maximum absolute atomic E-state index is 6.85. The Kier molecular flexibility index (Phi) is 11.2. The molecule has 7 aromatic rings. The number of fused-ring (bicyclic) bond motifs is 4. The monoisotopic (exact) mass is 988 g/mol. The number of aromatic nitrogens is 2. The van der Waals surface area contributed by atoms with Crippen molar-refractivity contribution in [2.75, 3.05) is 9.80 Å². The van der Waals surface area contributed by atoms with Crippen LogP contribution in [0.2, 0.25) is 0 Å². The molecule has 5 nitrogen and oxygen atoms in total. The summed E-state index contributed by atoms with van der Waals surface area (Å²) in [5, 5.41) is 2.25. The van der Waals surface area contributed by atoms with Gasteiger partial charge in [-0.1, -0.05) is 139 Å². The summed E-state index contributed by atoms with van der Waals surface area (Å²) in [7, 11) is 0. The Labute approximate surface area is 379 Å². The van der Waals surface area contributed by atoms with E-state index in [4.69, 9.17) is 9.72 Å². The first-order chi connectivity index (χ1) is 28.0. The van der Waals surface area contributed by atoms with Crippen LogP contribution in [-0.4, -0.2) is 9.55 Å². The van der Waals surface area contributed by atoms with E-state index < -0.39 is 0 Å². The van der Waals surface area contributed by atoms with E-state index in [-0.39, 0.29) is 48.1 Å². The van der Waals surface area contributed by atoms with E-state index in [1.54, 1.807) is 0 Å². The van der Waals surface area contributed by atoms with Gasteiger partial charge in [0.15, 0.2) is 0 Å². The minimum Gasteiger partial charge on any atom is -0.509 e. The zero-order chi connectivity index (χ0) is 43.2. The van der Waals surface area contributed by atoms with Crippen molar-refractivity contribution in [2.45, 2.75) is 119 Å². The van der Waals surface area contributed by atoms with Crippen molar-refractivity contribution in [2.24, 2.45) is 5.41 Å². The van der Waals surface area contributed by atoms with Gasteiger partial charge in [-0.3, -0.25) is 0 Å². The number of rotatable bonds is 6. The van der Waals surface area contributed by atoms with Crippen LogP contribution in [0.3, 0.4) is 0 Å². The van der Waals surface area contributed by atoms with Gasteiger partial charge in [0.1, 0.15) is 5.82 Å². The maximum Gasteiger partial charge on any atom is 0.135 e. The minimum absolute atomic E-state index is 0. The van der Waals surface area contributed by atoms with Crippen molar-refractivity contribution < 1.29 is 25.8 Å². The fourth-order valence-electron chi connectivity index (χ4n) is 7.95. The Hall–Kier alpha value is -4.86. The first kappa shape index (κ1) is 44.2. The number of nitrogens with zero attached hydrogens (tertiary/aromatic N) is 4. The van der Waals surface area contributed by atoms with Gasteiger partial charge < -0.3 is 19.1 Å². The Morgan fingerprint density at radius 3 is 1.92 bits per heavy atom. The topological polar surface area (TPSA) is 33.5 Å². The SMILES string of the molecule is CC(C)(C)c1cc(Oc2[c-]c3c(cc2)c2ccccc2n3-c2cc(C(C)(C)C)ccn2)[c-]c(N2[CH-]N(c3cccc(C(C)(C)C(C)(C)C)c3)c3ccc(C(C)(C)C)cc32)c1.[Pt]. The molecule has 0 N–H and O–H groups in total. The van der Waals surface area contributed by atoms with Crippen molar-refractivity contribution in [3.8, 4) is 17.3 Å². The van der Waals surface area contributed by atoms with Crippen LogP contribution in [0.1, 0.15) is 119 Å². The Balaban J connectivity index is 0.00000561. The van der Waals surface area contributed by atoms with Crippen LogP contribution in [0.5, 0.6) is 11.5 Å². The molecule has 0 aliphatic carbocycles. The summed E-state index contributed by atoms with van der Waals surface area (Å²) >= 11 is 0. The Morgan fingerprint density at radius 1 is 0.541 bits per heavy atom. The largest absolute Gasteiger partial charge is 0.509 e. The molecule has 0 amide bonds. The van der Waals surface area contributed by atoms with Crippen molar-refractivity contribution in [1.82, 2.24) is 9.55 Å². The van der Waals surface area contributed by atoms with Crippen molar-refractivity contribution >= 4 is 44.6 Å². The fourth-order valence-corrected chi connectivity index (χ4v) is 7.95. The average molecular weight is 989 g/mol. The van der Waals surface area contributed by atoms with Crippen LogP contribution < -0.4 is 14.5 Å². The summed E-state index contributed by atoms with van der Waals surface area (Å²) in [6.07, 6.45) is 1.91. The number of ether oxygens (including phenoxy) is 1. The molecular weight excluding hydrogens is 928 g/mol. The molecule has 5 aromatic carbocycles. The van der Waals surface area contributed by atoms with Crippen LogP contribution in [-0.2, 0) is 42.7 Å². The number of hydrogen-bond donors (Lipinski definition) is 0. The van der Waals surface area contributed by atoms with Gasteiger partial charge in [0.2, 0.25) is 0 Å². The quantitative estimate of drug-likeness (QED) is 0.156. The summed E-state index contributed by atoms with van der Waals surface area (Å²) in [4.78, 5) is 9.49. The Morgan fingerprint density at radius 2 is 1.23 bits per heavy atom. The van der Waals surface area contributed by atoms with Crippen LogP contribution >= 0.6 is 0 Å². The second-order valence-corrected chi connectivity index (χ2v) is 21.3. The molecule has 1 aliphatic heterocycles. The molecule has 0 radical (unpaired) electrons. The van der Waals surface area contributed by atoms with Crippen molar-refractivity contribution in [3.05, 3.63) is 150 Å². The fraction of sp³-hybridized carbons (Fsp3) is 0.345. The molecule has 320 valence electrons. The van der Waals surface area contributed by atoms with Gasteiger partial charge in [0, 0.05) is 61.3 Å². The average Bonchev–Trinajstić information content (AvgIpc) is 3.72. The number of anilines is 4. The van der Waals surface area contributed by atoms with Crippen molar-refractivity contribution in [1.29, 1.82) is 0 Å². The first-order valence-corrected chi connectivity index (χ1v) is 21.4. The molecule has 0 fully saturated rings. The molecule has 1 aliphatic rings. The molecule has 2 aromatic heterocycles. The molecule has 6 heteroatoms.